The second-order valence-electron chi connectivity index (χ2n) is 15.9. The molecule has 0 bridgehead atoms. The number of pyridine rings is 6. The van der Waals surface area contributed by atoms with Gasteiger partial charge in [-0.2, -0.15) is 0 Å². The first kappa shape index (κ1) is 42.5. The van der Waals surface area contributed by atoms with Gasteiger partial charge in [-0.3, -0.25) is 9.97 Å². The second kappa shape index (κ2) is 19.0. The van der Waals surface area contributed by atoms with Crippen molar-refractivity contribution in [3.63, 3.8) is 0 Å². The fraction of sp³-hybridized carbons (Fsp3) is 0.160. The maximum absolute atomic E-state index is 9.32. The summed E-state index contributed by atoms with van der Waals surface area (Å²) in [5.41, 5.74) is 8.67. The molecule has 2 saturated carbocycles. The van der Waals surface area contributed by atoms with E-state index in [0.717, 1.165) is 81.1 Å². The summed E-state index contributed by atoms with van der Waals surface area (Å²) >= 11 is 4.26. The number of benzene rings is 2. The third-order valence-corrected chi connectivity index (χ3v) is 12.6. The molecule has 0 amide bonds. The van der Waals surface area contributed by atoms with Gasteiger partial charge in [0, 0.05) is 130 Å². The molecule has 15 heteroatoms. The van der Waals surface area contributed by atoms with E-state index in [4.69, 9.17) is 19.3 Å². The number of aliphatic hydroxyl groups is 1. The first-order valence-electron chi connectivity index (χ1n) is 21.0. The van der Waals surface area contributed by atoms with Crippen LogP contribution in [0.3, 0.4) is 0 Å². The number of nitrogens with one attached hydrogen (secondary N) is 2. The van der Waals surface area contributed by atoms with Gasteiger partial charge in [0.25, 0.3) is 0 Å². The molecule has 0 unspecified atom stereocenters. The number of H-pyrrole nitrogens is 2. The van der Waals surface area contributed by atoms with Crippen molar-refractivity contribution in [2.24, 2.45) is 0 Å². The smallest absolute Gasteiger partial charge is 0.213 e. The van der Waals surface area contributed by atoms with Gasteiger partial charge in [0.15, 0.2) is 0 Å². The molecule has 12 rings (SSSR count). The number of aliphatic hydroxyl groups excluding tert-OH is 1. The van der Waals surface area contributed by atoms with Gasteiger partial charge in [-0.15, -0.1) is 0 Å². The average molecular weight is 1090 g/mol. The molecule has 2 aromatic carbocycles. The summed E-state index contributed by atoms with van der Waals surface area (Å²) in [7, 11) is 0. The zero-order chi connectivity index (χ0) is 44.3. The van der Waals surface area contributed by atoms with Gasteiger partial charge in [-0.1, -0.05) is 24.3 Å². The Morgan fingerprint density at radius 3 is 1.43 bits per heavy atom. The molecule has 0 spiro atoms. The number of aromatic hydroxyl groups is 1. The summed E-state index contributed by atoms with van der Waals surface area (Å²) in [5.74, 6) is 2.27. The Morgan fingerprint density at radius 2 is 0.969 bits per heavy atom. The molecular weight excluding hydrogens is 1050 g/mol. The summed E-state index contributed by atoms with van der Waals surface area (Å²) in [6.07, 6.45) is 17.5. The molecule has 10 aromatic rings. The standard InChI is InChI=1S/C25H19IN4O2.C20H17N3O2.C5H4INO/c26-24-5-3-17(13-28-24)31-18-10-19(11-18)32-25-6-2-16(12-29-25)15-1-4-20-21-14-27-8-7-22(21)30-23(20)9-15;24-14-8-15(9-14)25-20-4-2-13(10-22-20)12-1-3-16-17-11-21-6-5-18(17)23-19(16)7-12;6-5-2-1-4(8)3-7-5/h1-9,12-14,18-19,30H,10-11H2;1-7,10-11,14-15,23-24H,8-9H2;1-3,8H. The van der Waals surface area contributed by atoms with E-state index in [1.165, 1.54) is 17.0 Å². The van der Waals surface area contributed by atoms with Crippen LogP contribution in [0.4, 0.5) is 0 Å². The molecule has 65 heavy (non-hydrogen) atoms. The highest BCUT2D eigenvalue weighted by Gasteiger charge is 2.33. The molecular formula is C50H40I2N8O5. The molecule has 4 N–H and O–H groups in total. The van der Waals surface area contributed by atoms with Crippen molar-refractivity contribution in [1.82, 2.24) is 39.9 Å². The van der Waals surface area contributed by atoms with Crippen molar-refractivity contribution in [1.29, 1.82) is 0 Å². The van der Waals surface area contributed by atoms with Crippen LogP contribution in [0.2, 0.25) is 0 Å². The molecule has 13 nitrogen and oxygen atoms in total. The number of rotatable bonds is 8. The van der Waals surface area contributed by atoms with Gasteiger partial charge in [-0.05, 0) is 117 Å². The first-order valence-corrected chi connectivity index (χ1v) is 23.2. The molecule has 2 fully saturated rings. The van der Waals surface area contributed by atoms with Crippen molar-refractivity contribution in [2.45, 2.75) is 50.1 Å². The highest BCUT2D eigenvalue weighted by atomic mass is 127. The zero-order valence-corrected chi connectivity index (χ0v) is 38.9. The van der Waals surface area contributed by atoms with Gasteiger partial charge in [0.05, 0.1) is 18.5 Å². The predicted octanol–water partition coefficient (Wildman–Crippen LogP) is 10.8. The Hall–Kier alpha value is -6.44. The van der Waals surface area contributed by atoms with Crippen LogP contribution in [0.15, 0.2) is 147 Å². The van der Waals surface area contributed by atoms with Crippen LogP contribution in [-0.4, -0.2) is 74.5 Å². The molecule has 2 aliphatic carbocycles. The van der Waals surface area contributed by atoms with Gasteiger partial charge in [0.2, 0.25) is 11.8 Å². The Morgan fingerprint density at radius 1 is 0.462 bits per heavy atom. The van der Waals surface area contributed by atoms with Crippen molar-refractivity contribution >= 4 is 88.8 Å². The summed E-state index contributed by atoms with van der Waals surface area (Å²) in [6, 6.07) is 31.9. The molecule has 324 valence electrons. The first-order chi connectivity index (χ1) is 31.8. The number of fused-ring (bicyclic) bond motifs is 6. The Labute approximate surface area is 400 Å². The number of hydrogen-bond acceptors (Lipinski definition) is 11. The predicted molar refractivity (Wildman–Crippen MR) is 267 cm³/mol. The van der Waals surface area contributed by atoms with Gasteiger partial charge < -0.3 is 34.4 Å². The highest BCUT2D eigenvalue weighted by molar-refractivity contribution is 14.1. The fourth-order valence-electron chi connectivity index (χ4n) is 7.77. The molecule has 0 atom stereocenters. The van der Waals surface area contributed by atoms with Crippen LogP contribution in [0, 0.1) is 7.40 Å². The molecule has 0 radical (unpaired) electrons. The Balaban J connectivity index is 0.000000134. The van der Waals surface area contributed by atoms with E-state index in [1.807, 2.05) is 67.3 Å². The van der Waals surface area contributed by atoms with Crippen LogP contribution in [-0.2, 0) is 0 Å². The van der Waals surface area contributed by atoms with Crippen LogP contribution in [0.1, 0.15) is 25.7 Å². The topological polar surface area (TPSA) is 177 Å². The minimum Gasteiger partial charge on any atom is -0.506 e. The van der Waals surface area contributed by atoms with E-state index in [1.54, 1.807) is 30.7 Å². The quantitative estimate of drug-likeness (QED) is 0.0841. The lowest BCUT2D eigenvalue weighted by Gasteiger charge is -2.34. The average Bonchev–Trinajstić information content (AvgIpc) is 3.88. The van der Waals surface area contributed by atoms with Crippen molar-refractivity contribution in [2.75, 3.05) is 0 Å². The van der Waals surface area contributed by atoms with Gasteiger partial charge >= 0.3 is 0 Å². The molecule has 8 aromatic heterocycles. The van der Waals surface area contributed by atoms with E-state index in [-0.39, 0.29) is 30.2 Å². The lowest BCUT2D eigenvalue weighted by Crippen LogP contribution is -2.41. The summed E-state index contributed by atoms with van der Waals surface area (Å²) < 4.78 is 19.5. The van der Waals surface area contributed by atoms with E-state index in [0.29, 0.717) is 24.6 Å². The van der Waals surface area contributed by atoms with Crippen molar-refractivity contribution in [3.8, 4) is 45.5 Å². The number of nitrogens with zero attached hydrogens (tertiary/aromatic N) is 6. The zero-order valence-electron chi connectivity index (χ0n) is 34.6. The third kappa shape index (κ3) is 9.96. The van der Waals surface area contributed by atoms with Crippen molar-refractivity contribution < 1.29 is 24.4 Å². The van der Waals surface area contributed by atoms with E-state index in [2.05, 4.69) is 128 Å². The molecule has 2 aliphatic rings. The van der Waals surface area contributed by atoms with Crippen LogP contribution < -0.4 is 14.2 Å². The van der Waals surface area contributed by atoms with Crippen LogP contribution in [0.5, 0.6) is 23.3 Å². The normalized spacial score (nSPS) is 17.6. The van der Waals surface area contributed by atoms with Gasteiger partial charge in [0.1, 0.15) is 37.2 Å². The van der Waals surface area contributed by atoms with Crippen LogP contribution in [0.25, 0.3) is 65.9 Å². The van der Waals surface area contributed by atoms with Gasteiger partial charge in [-0.25, -0.2) is 19.9 Å². The third-order valence-electron chi connectivity index (χ3n) is 11.4. The minimum absolute atomic E-state index is 0.0876. The molecule has 0 saturated heterocycles. The van der Waals surface area contributed by atoms with E-state index in [9.17, 15) is 5.11 Å². The van der Waals surface area contributed by atoms with E-state index >= 15 is 0 Å². The molecule has 8 heterocycles. The summed E-state index contributed by atoms with van der Waals surface area (Å²) in [6.45, 7) is 0. The number of ether oxygens (including phenoxy) is 3. The lowest BCUT2D eigenvalue weighted by molar-refractivity contribution is -0.0128. The SMILES string of the molecule is Ic1ccc(OC2CC(Oc3ccc(-c4ccc5c(c4)[nH]c4ccncc45)cn3)C2)cn1.OC1CC(Oc2ccc(-c3ccc4c(c3)[nH]c3ccncc34)cn2)C1.Oc1ccc(I)nc1. The molecule has 0 aliphatic heterocycles. The largest absolute Gasteiger partial charge is 0.506 e. The highest BCUT2D eigenvalue weighted by Crippen LogP contribution is 2.33. The maximum atomic E-state index is 9.32. The van der Waals surface area contributed by atoms with E-state index < -0.39 is 0 Å². The number of aromatic nitrogens is 8. The monoisotopic (exact) mass is 1090 g/mol. The lowest BCUT2D eigenvalue weighted by atomic mass is 9.92. The Kier molecular flexibility index (Phi) is 12.4. The van der Waals surface area contributed by atoms with Crippen molar-refractivity contribution in [3.05, 3.63) is 154 Å². The number of aromatic amines is 2. The maximum Gasteiger partial charge on any atom is 0.213 e. The fourth-order valence-corrected chi connectivity index (χ4v) is 8.41. The number of hydrogen-bond donors (Lipinski definition) is 4. The Bertz CT molecular complexity index is 3190. The number of halogens is 2. The minimum atomic E-state index is -0.220. The second-order valence-corrected chi connectivity index (χ2v) is 18.1. The van der Waals surface area contributed by atoms with Crippen LogP contribution >= 0.6 is 45.2 Å². The summed E-state index contributed by atoms with van der Waals surface area (Å²) in [5, 5.41) is 22.6. The summed E-state index contributed by atoms with van der Waals surface area (Å²) in [4.78, 5) is 32.3.